The zero-order chi connectivity index (χ0) is 9.84. The minimum absolute atomic E-state index is 0.528. The van der Waals surface area contributed by atoms with Crippen LogP contribution >= 0.6 is 11.8 Å². The monoisotopic (exact) mass is 200 g/mol. The molecule has 2 nitrogen and oxygen atoms in total. The second kappa shape index (κ2) is 4.89. The number of nitrogens with zero attached hydrogens (tertiary/aromatic N) is 1. The van der Waals surface area contributed by atoms with Crippen LogP contribution in [-0.4, -0.2) is 35.8 Å². The van der Waals surface area contributed by atoms with Crippen molar-refractivity contribution < 1.29 is 0 Å². The van der Waals surface area contributed by atoms with Gasteiger partial charge in [-0.05, 0) is 38.2 Å². The van der Waals surface area contributed by atoms with Gasteiger partial charge in [-0.2, -0.15) is 11.8 Å². The second-order valence-electron chi connectivity index (χ2n) is 3.90. The molecule has 0 heterocycles. The van der Waals surface area contributed by atoms with E-state index in [9.17, 15) is 0 Å². The maximum atomic E-state index is 7.90. The van der Waals surface area contributed by atoms with Crippen LogP contribution in [0.4, 0.5) is 0 Å². The van der Waals surface area contributed by atoms with E-state index in [4.69, 9.17) is 5.41 Å². The number of hydrogen-bond donors (Lipinski definition) is 1. The fourth-order valence-electron chi connectivity index (χ4n) is 1.36. The van der Waals surface area contributed by atoms with Gasteiger partial charge in [0.05, 0.1) is 5.84 Å². The first kappa shape index (κ1) is 10.9. The van der Waals surface area contributed by atoms with Crippen molar-refractivity contribution in [2.45, 2.75) is 32.2 Å². The molecule has 3 heteroatoms. The number of amidine groups is 1. The summed E-state index contributed by atoms with van der Waals surface area (Å²) in [7, 11) is 2.06. The Morgan fingerprint density at radius 2 is 2.23 bits per heavy atom. The van der Waals surface area contributed by atoms with E-state index in [1.54, 1.807) is 0 Å². The highest BCUT2D eigenvalue weighted by atomic mass is 32.2. The van der Waals surface area contributed by atoms with E-state index < -0.39 is 0 Å². The van der Waals surface area contributed by atoms with Gasteiger partial charge in [0.2, 0.25) is 0 Å². The highest BCUT2D eigenvalue weighted by Gasteiger charge is 2.30. The summed E-state index contributed by atoms with van der Waals surface area (Å²) in [4.78, 5) is 2.15. The van der Waals surface area contributed by atoms with Crippen molar-refractivity contribution >= 4 is 17.6 Å². The van der Waals surface area contributed by atoms with Crippen LogP contribution in [0.15, 0.2) is 0 Å². The van der Waals surface area contributed by atoms with Crippen LogP contribution in [0.5, 0.6) is 0 Å². The van der Waals surface area contributed by atoms with Crippen molar-refractivity contribution in [3.8, 4) is 0 Å². The molecule has 0 aliphatic heterocycles. The van der Waals surface area contributed by atoms with E-state index in [2.05, 4.69) is 25.1 Å². The summed E-state index contributed by atoms with van der Waals surface area (Å²) in [6.45, 7) is 2.22. The van der Waals surface area contributed by atoms with E-state index in [-0.39, 0.29) is 0 Å². The van der Waals surface area contributed by atoms with Crippen molar-refractivity contribution in [2.24, 2.45) is 5.92 Å². The van der Waals surface area contributed by atoms with Gasteiger partial charge < -0.3 is 4.90 Å². The van der Waals surface area contributed by atoms with Gasteiger partial charge >= 0.3 is 0 Å². The van der Waals surface area contributed by atoms with Crippen LogP contribution in [0, 0.1) is 11.3 Å². The van der Waals surface area contributed by atoms with Gasteiger partial charge in [-0.3, -0.25) is 5.41 Å². The molecule has 1 aliphatic rings. The Labute approximate surface area is 85.6 Å². The highest BCUT2D eigenvalue weighted by molar-refractivity contribution is 7.98. The predicted octanol–water partition coefficient (Wildman–Crippen LogP) is 2.45. The summed E-state index contributed by atoms with van der Waals surface area (Å²) in [6.07, 6.45) is 5.79. The molecule has 0 aromatic heterocycles. The maximum Gasteiger partial charge on any atom is 0.0989 e. The zero-order valence-corrected chi connectivity index (χ0v) is 9.66. The SMILES string of the molecule is CSCCC(C)N(C)C(=N)C1CC1. The lowest BCUT2D eigenvalue weighted by molar-refractivity contribution is 0.371. The first-order valence-electron chi connectivity index (χ1n) is 4.97. The Morgan fingerprint density at radius 1 is 1.62 bits per heavy atom. The van der Waals surface area contributed by atoms with Crippen molar-refractivity contribution in [1.82, 2.24) is 4.90 Å². The molecule has 13 heavy (non-hydrogen) atoms. The minimum Gasteiger partial charge on any atom is -0.361 e. The summed E-state index contributed by atoms with van der Waals surface area (Å²) in [5.74, 6) is 2.64. The lowest BCUT2D eigenvalue weighted by atomic mass is 10.2. The summed E-state index contributed by atoms with van der Waals surface area (Å²) < 4.78 is 0. The maximum absolute atomic E-state index is 7.90. The van der Waals surface area contributed by atoms with E-state index in [0.717, 1.165) is 5.84 Å². The molecule has 1 fully saturated rings. The van der Waals surface area contributed by atoms with Crippen molar-refractivity contribution in [3.63, 3.8) is 0 Å². The average Bonchev–Trinajstić information content (AvgIpc) is 2.94. The molecule has 1 rings (SSSR count). The molecule has 1 aliphatic carbocycles. The van der Waals surface area contributed by atoms with E-state index in [0.29, 0.717) is 12.0 Å². The molecule has 76 valence electrons. The summed E-state index contributed by atoms with van der Waals surface area (Å²) in [5.41, 5.74) is 0. The van der Waals surface area contributed by atoms with Crippen LogP contribution in [0.2, 0.25) is 0 Å². The van der Waals surface area contributed by atoms with Gasteiger partial charge in [-0.15, -0.1) is 0 Å². The van der Waals surface area contributed by atoms with E-state index in [1.165, 1.54) is 25.0 Å². The Morgan fingerprint density at radius 3 is 2.69 bits per heavy atom. The Hall–Kier alpha value is -0.180. The molecule has 0 radical (unpaired) electrons. The molecule has 0 bridgehead atoms. The zero-order valence-electron chi connectivity index (χ0n) is 8.84. The van der Waals surface area contributed by atoms with Gasteiger partial charge in [0.1, 0.15) is 0 Å². The number of rotatable bonds is 5. The van der Waals surface area contributed by atoms with Gasteiger partial charge in [0.15, 0.2) is 0 Å². The molecule has 1 unspecified atom stereocenters. The van der Waals surface area contributed by atoms with Gasteiger partial charge in [-0.25, -0.2) is 0 Å². The van der Waals surface area contributed by atoms with Crippen LogP contribution in [0.3, 0.4) is 0 Å². The molecule has 0 amide bonds. The Bertz CT molecular complexity index is 178. The Balaban J connectivity index is 2.27. The quantitative estimate of drug-likeness (QED) is 0.545. The first-order chi connectivity index (χ1) is 6.16. The molecule has 1 saturated carbocycles. The van der Waals surface area contributed by atoms with Crippen LogP contribution in [0.1, 0.15) is 26.2 Å². The molecular weight excluding hydrogens is 180 g/mol. The largest absolute Gasteiger partial charge is 0.361 e. The van der Waals surface area contributed by atoms with E-state index >= 15 is 0 Å². The molecule has 1 N–H and O–H groups in total. The molecule has 0 aromatic rings. The fourth-order valence-corrected chi connectivity index (χ4v) is 1.94. The highest BCUT2D eigenvalue weighted by Crippen LogP contribution is 2.31. The standard InChI is InChI=1S/C10H20N2S/c1-8(6-7-13-3)12(2)10(11)9-4-5-9/h8-9,11H,4-7H2,1-3H3. The lowest BCUT2D eigenvalue weighted by Gasteiger charge is -2.27. The number of thioether (sulfide) groups is 1. The molecular formula is C10H20N2S. The summed E-state index contributed by atoms with van der Waals surface area (Å²) in [5, 5.41) is 7.90. The number of hydrogen-bond acceptors (Lipinski definition) is 2. The third kappa shape index (κ3) is 3.22. The first-order valence-corrected chi connectivity index (χ1v) is 6.36. The third-order valence-corrected chi connectivity index (χ3v) is 3.39. The topological polar surface area (TPSA) is 27.1 Å². The van der Waals surface area contributed by atoms with E-state index in [1.807, 2.05) is 11.8 Å². The fraction of sp³-hybridized carbons (Fsp3) is 0.900. The predicted molar refractivity (Wildman–Crippen MR) is 60.7 cm³/mol. The lowest BCUT2D eigenvalue weighted by Crippen LogP contribution is -2.35. The summed E-state index contributed by atoms with van der Waals surface area (Å²) >= 11 is 1.89. The van der Waals surface area contributed by atoms with Gasteiger partial charge in [-0.1, -0.05) is 0 Å². The van der Waals surface area contributed by atoms with Gasteiger partial charge in [0.25, 0.3) is 0 Å². The smallest absolute Gasteiger partial charge is 0.0989 e. The Kier molecular flexibility index (Phi) is 4.10. The van der Waals surface area contributed by atoms with Crippen LogP contribution < -0.4 is 0 Å². The summed E-state index contributed by atoms with van der Waals surface area (Å²) in [6, 6.07) is 0.528. The second-order valence-corrected chi connectivity index (χ2v) is 4.89. The molecule has 0 aromatic carbocycles. The molecule has 0 saturated heterocycles. The van der Waals surface area contributed by atoms with Crippen molar-refractivity contribution in [2.75, 3.05) is 19.1 Å². The van der Waals surface area contributed by atoms with Gasteiger partial charge in [0, 0.05) is 19.0 Å². The normalized spacial score (nSPS) is 18.4. The van der Waals surface area contributed by atoms with Crippen LogP contribution in [0.25, 0.3) is 0 Å². The van der Waals surface area contributed by atoms with Crippen molar-refractivity contribution in [1.29, 1.82) is 5.41 Å². The van der Waals surface area contributed by atoms with Crippen molar-refractivity contribution in [3.05, 3.63) is 0 Å². The minimum atomic E-state index is 0.528. The molecule has 1 atom stereocenters. The third-order valence-electron chi connectivity index (χ3n) is 2.74. The number of nitrogens with one attached hydrogen (secondary N) is 1. The average molecular weight is 200 g/mol. The molecule has 0 spiro atoms. The van der Waals surface area contributed by atoms with Crippen LogP contribution in [-0.2, 0) is 0 Å².